The highest BCUT2D eigenvalue weighted by Crippen LogP contribution is 2.64. The molecule has 3 saturated heterocycles. The molecule has 1 N–H and O–H groups in total. The van der Waals surface area contributed by atoms with Gasteiger partial charge in [-0.05, 0) is 37.0 Å². The normalized spacial score (nSPS) is 39.5. The smallest absolute Gasteiger partial charge is 0.343 e. The van der Waals surface area contributed by atoms with Crippen molar-refractivity contribution in [2.45, 2.75) is 37.5 Å². The summed E-state index contributed by atoms with van der Waals surface area (Å²) in [6.45, 7) is 1.99. The van der Waals surface area contributed by atoms with Gasteiger partial charge in [0.05, 0.1) is 31.2 Å². The van der Waals surface area contributed by atoms with Crippen molar-refractivity contribution in [3.63, 3.8) is 0 Å². The number of allylic oxidation sites excluding steroid dienone is 3. The molecule has 10 heteroatoms. The SMILES string of the molecule is COC(=O)C[C@@H]1OCC=C2CN3CC[C@]45C6=CC(=O)C(=O)C([N+](=O)[O-])=C6N[C@@H]4[C@@H]1[C@@H]2C[C@@H]35. The van der Waals surface area contributed by atoms with Crippen LogP contribution in [0.4, 0.5) is 0 Å². The summed E-state index contributed by atoms with van der Waals surface area (Å²) in [7, 11) is 1.34. The summed E-state index contributed by atoms with van der Waals surface area (Å²) in [6.07, 6.45) is 4.62. The van der Waals surface area contributed by atoms with Gasteiger partial charge in [0.25, 0.3) is 0 Å². The average molecular weight is 441 g/mol. The molecule has 0 amide bonds. The summed E-state index contributed by atoms with van der Waals surface area (Å²) in [6, 6.07) is -0.185. The van der Waals surface area contributed by atoms with Crippen LogP contribution >= 0.6 is 0 Å². The van der Waals surface area contributed by atoms with Gasteiger partial charge in [0.15, 0.2) is 0 Å². The van der Waals surface area contributed by atoms with Gasteiger partial charge < -0.3 is 14.8 Å². The van der Waals surface area contributed by atoms with Crippen LogP contribution in [0.3, 0.4) is 0 Å². The van der Waals surface area contributed by atoms with Crippen molar-refractivity contribution in [3.8, 4) is 0 Å². The fourth-order valence-corrected chi connectivity index (χ4v) is 7.31. The van der Waals surface area contributed by atoms with Gasteiger partial charge >= 0.3 is 17.4 Å². The third kappa shape index (κ3) is 2.34. The van der Waals surface area contributed by atoms with E-state index in [-0.39, 0.29) is 42.0 Å². The first kappa shape index (κ1) is 19.8. The maximum atomic E-state index is 12.5. The Morgan fingerprint density at radius 2 is 2.25 bits per heavy atom. The van der Waals surface area contributed by atoms with E-state index in [1.165, 1.54) is 18.8 Å². The number of nitro groups is 1. The number of piperidine rings is 1. The first-order chi connectivity index (χ1) is 15.4. The molecule has 2 aliphatic carbocycles. The molecule has 168 valence electrons. The highest BCUT2D eigenvalue weighted by atomic mass is 16.6. The summed E-state index contributed by atoms with van der Waals surface area (Å²) >= 11 is 0. The third-order valence-corrected chi connectivity index (χ3v) is 8.48. The van der Waals surface area contributed by atoms with E-state index in [9.17, 15) is 24.5 Å². The molecule has 6 atom stereocenters. The molecule has 6 rings (SSSR count). The second-order valence-electron chi connectivity index (χ2n) is 9.48. The highest BCUT2D eigenvalue weighted by molar-refractivity contribution is 6.48. The lowest BCUT2D eigenvalue weighted by molar-refractivity contribution is -0.419. The monoisotopic (exact) mass is 441 g/mol. The maximum Gasteiger partial charge on any atom is 0.343 e. The number of esters is 1. The number of methoxy groups -OCH3 is 1. The number of nitrogens with one attached hydrogen (secondary N) is 1. The van der Waals surface area contributed by atoms with Gasteiger partial charge in [-0.15, -0.1) is 0 Å². The lowest BCUT2D eigenvalue weighted by Crippen LogP contribution is -2.63. The van der Waals surface area contributed by atoms with Crippen LogP contribution in [0.1, 0.15) is 19.3 Å². The molecule has 4 aliphatic heterocycles. The van der Waals surface area contributed by atoms with Crippen molar-refractivity contribution in [3.05, 3.63) is 44.8 Å². The number of fused-ring (bicyclic) bond motifs is 2. The minimum atomic E-state index is -1.09. The maximum absolute atomic E-state index is 12.5. The van der Waals surface area contributed by atoms with Gasteiger partial charge in [-0.2, -0.15) is 0 Å². The zero-order valence-electron chi connectivity index (χ0n) is 17.5. The fourth-order valence-electron chi connectivity index (χ4n) is 7.31. The van der Waals surface area contributed by atoms with Crippen molar-refractivity contribution >= 4 is 17.5 Å². The number of hydrogen-bond acceptors (Lipinski definition) is 9. The predicted molar refractivity (Wildman–Crippen MR) is 108 cm³/mol. The van der Waals surface area contributed by atoms with E-state index >= 15 is 0 Å². The van der Waals surface area contributed by atoms with Gasteiger partial charge in [-0.3, -0.25) is 29.4 Å². The molecule has 0 radical (unpaired) electrons. The van der Waals surface area contributed by atoms with Crippen LogP contribution in [0.25, 0.3) is 0 Å². The van der Waals surface area contributed by atoms with E-state index < -0.39 is 33.7 Å². The first-order valence-corrected chi connectivity index (χ1v) is 10.9. The predicted octanol–water partition coefficient (Wildman–Crippen LogP) is 0.123. The lowest BCUT2D eigenvalue weighted by Gasteiger charge is -2.55. The minimum Gasteiger partial charge on any atom is -0.469 e. The lowest BCUT2D eigenvalue weighted by atomic mass is 9.54. The van der Waals surface area contributed by atoms with Gasteiger partial charge in [-0.25, -0.2) is 0 Å². The zero-order chi connectivity index (χ0) is 22.4. The molecule has 0 aromatic heterocycles. The van der Waals surface area contributed by atoms with Gasteiger partial charge in [0.1, 0.15) is 5.70 Å². The highest BCUT2D eigenvalue weighted by Gasteiger charge is 2.69. The van der Waals surface area contributed by atoms with Gasteiger partial charge in [-0.1, -0.05) is 11.6 Å². The van der Waals surface area contributed by atoms with Crippen LogP contribution in [-0.4, -0.2) is 72.4 Å². The largest absolute Gasteiger partial charge is 0.469 e. The van der Waals surface area contributed by atoms with Gasteiger partial charge in [0.2, 0.25) is 5.78 Å². The molecule has 4 heterocycles. The number of ether oxygens (including phenoxy) is 2. The molecule has 10 nitrogen and oxygen atoms in total. The summed E-state index contributed by atoms with van der Waals surface area (Å²) in [5, 5.41) is 15.1. The Kier molecular flexibility index (Phi) is 4.07. The molecule has 32 heavy (non-hydrogen) atoms. The second-order valence-corrected chi connectivity index (χ2v) is 9.48. The summed E-state index contributed by atoms with van der Waals surface area (Å²) in [5.74, 6) is -2.28. The number of rotatable bonds is 3. The second kappa shape index (κ2) is 6.58. The molecular weight excluding hydrogens is 418 g/mol. The average Bonchev–Trinajstić information content (AvgIpc) is 3.24. The summed E-state index contributed by atoms with van der Waals surface area (Å²) in [5.41, 5.74) is 0.820. The summed E-state index contributed by atoms with van der Waals surface area (Å²) in [4.78, 5) is 50.6. The zero-order valence-corrected chi connectivity index (χ0v) is 17.5. The number of nitrogens with zero attached hydrogens (tertiary/aromatic N) is 2. The van der Waals surface area contributed by atoms with E-state index in [4.69, 9.17) is 9.47 Å². The molecule has 6 aliphatic rings. The third-order valence-electron chi connectivity index (χ3n) is 8.48. The Hall–Kier alpha value is -2.85. The van der Waals surface area contributed by atoms with Crippen LogP contribution in [0.15, 0.2) is 34.7 Å². The van der Waals surface area contributed by atoms with E-state index in [0.29, 0.717) is 12.2 Å². The van der Waals surface area contributed by atoms with Crippen LogP contribution in [0.5, 0.6) is 0 Å². The standard InChI is InChI=1S/C22H23N3O7/c1-31-16(27)8-14-17-11-6-15-22(3-4-24(15)9-10(11)2-5-32-14)12-7-13(26)20(28)19(25(29)30)18(12)23-21(17)22/h2,7,11,14-15,17,21,23H,3-6,8-9H2,1H3/t11-,14+,15-,17-,21-,22-/m1/s1. The van der Waals surface area contributed by atoms with Crippen LogP contribution in [0, 0.1) is 27.4 Å². The van der Waals surface area contributed by atoms with Gasteiger partial charge in [0, 0.05) is 30.0 Å². The Labute approximate surface area is 183 Å². The number of carbonyl (C=O) groups excluding carboxylic acids is 3. The van der Waals surface area contributed by atoms with Crippen molar-refractivity contribution < 1.29 is 28.8 Å². The topological polar surface area (TPSA) is 128 Å². The van der Waals surface area contributed by atoms with E-state index in [0.717, 1.165) is 25.9 Å². The Balaban J connectivity index is 1.55. The number of hydrogen-bond donors (Lipinski definition) is 1. The molecule has 0 aromatic carbocycles. The van der Waals surface area contributed by atoms with Crippen molar-refractivity contribution in [1.29, 1.82) is 0 Å². The van der Waals surface area contributed by atoms with E-state index in [1.807, 2.05) is 0 Å². The number of ketones is 2. The van der Waals surface area contributed by atoms with E-state index in [2.05, 4.69) is 16.3 Å². The van der Waals surface area contributed by atoms with Crippen LogP contribution < -0.4 is 5.32 Å². The summed E-state index contributed by atoms with van der Waals surface area (Å²) < 4.78 is 11.1. The molecule has 1 saturated carbocycles. The molecular formula is C22H23N3O7. The molecule has 1 spiro atoms. The van der Waals surface area contributed by atoms with Crippen LogP contribution in [0.2, 0.25) is 0 Å². The first-order valence-electron chi connectivity index (χ1n) is 10.9. The van der Waals surface area contributed by atoms with Crippen molar-refractivity contribution in [2.75, 3.05) is 26.8 Å². The minimum absolute atomic E-state index is 0.0828. The Morgan fingerprint density at radius 3 is 3.00 bits per heavy atom. The fraction of sp³-hybridized carbons (Fsp3) is 0.591. The Morgan fingerprint density at radius 1 is 1.44 bits per heavy atom. The number of Topliss-reactive ketones (excluding diaryl/α,β-unsaturated/α-hetero) is 1. The number of carbonyl (C=O) groups is 3. The Bertz CT molecular complexity index is 1080. The molecule has 0 unspecified atom stereocenters. The molecule has 0 aromatic rings. The van der Waals surface area contributed by atoms with Crippen molar-refractivity contribution in [1.82, 2.24) is 10.2 Å². The molecule has 2 bridgehead atoms. The van der Waals surface area contributed by atoms with E-state index in [1.54, 1.807) is 0 Å². The quantitative estimate of drug-likeness (QED) is 0.162. The van der Waals surface area contributed by atoms with Crippen LogP contribution in [-0.2, 0) is 23.9 Å². The van der Waals surface area contributed by atoms with Crippen molar-refractivity contribution in [2.24, 2.45) is 17.3 Å². The molecule has 4 fully saturated rings.